The summed E-state index contributed by atoms with van der Waals surface area (Å²) < 4.78 is 124. The highest BCUT2D eigenvalue weighted by Gasteiger charge is 2.44. The first-order valence-electron chi connectivity index (χ1n) is 27.4. The smallest absolute Gasteiger partial charge is 0.207 e. The van der Waals surface area contributed by atoms with E-state index in [0.717, 1.165) is 60.8 Å². The number of aryl methyl sites for hydroxylation is 12. The van der Waals surface area contributed by atoms with Gasteiger partial charge < -0.3 is 0 Å². The topological polar surface area (TPSA) is 150 Å². The van der Waals surface area contributed by atoms with Crippen molar-refractivity contribution in [3.05, 3.63) is 115 Å². The van der Waals surface area contributed by atoms with E-state index < -0.39 is 40.1 Å². The van der Waals surface area contributed by atoms with E-state index in [4.69, 9.17) is 0 Å². The Bertz CT molecular complexity index is 2800. The highest BCUT2D eigenvalue weighted by atomic mass is 32.2. The summed E-state index contributed by atoms with van der Waals surface area (Å²) in [6.45, 7) is 28.6. The monoisotopic (exact) mass is 1110 g/mol. The summed E-state index contributed by atoms with van der Waals surface area (Å²) in [6, 6.07) is 15.1. The summed E-state index contributed by atoms with van der Waals surface area (Å²) in [5, 5.41) is 0. The Morgan fingerprint density at radius 1 is 0.320 bits per heavy atom. The van der Waals surface area contributed by atoms with E-state index in [9.17, 15) is 33.7 Å². The van der Waals surface area contributed by atoms with Crippen LogP contribution in [-0.2, 0) is 40.1 Å². The molecule has 418 valence electrons. The molecule has 2 unspecified atom stereocenters. The number of hydrogen-bond donors (Lipinski definition) is 0. The van der Waals surface area contributed by atoms with Gasteiger partial charge in [0.1, 0.15) is 0 Å². The van der Waals surface area contributed by atoms with E-state index in [2.05, 4.69) is 13.8 Å². The lowest BCUT2D eigenvalue weighted by Gasteiger charge is -2.27. The van der Waals surface area contributed by atoms with Crippen molar-refractivity contribution in [2.75, 3.05) is 52.4 Å². The first-order chi connectivity index (χ1) is 35.1. The molecule has 0 N–H and O–H groups in total. The fourth-order valence-electron chi connectivity index (χ4n) is 11.6. The normalized spacial score (nSPS) is 15.5. The maximum Gasteiger partial charge on any atom is 0.243 e. The maximum absolute atomic E-state index is 15.0. The van der Waals surface area contributed by atoms with Gasteiger partial charge in [-0.2, -0.15) is 17.2 Å². The highest BCUT2D eigenvalue weighted by Crippen LogP contribution is 2.42. The van der Waals surface area contributed by atoms with Crippen molar-refractivity contribution in [3.8, 4) is 0 Å². The van der Waals surface area contributed by atoms with Crippen LogP contribution in [0.3, 0.4) is 0 Å². The first kappa shape index (κ1) is 62.4. The van der Waals surface area contributed by atoms with Crippen molar-refractivity contribution in [1.29, 1.82) is 0 Å². The van der Waals surface area contributed by atoms with Crippen LogP contribution in [0.2, 0.25) is 0 Å². The van der Waals surface area contributed by atoms with Crippen molar-refractivity contribution >= 4 is 40.1 Å². The van der Waals surface area contributed by atoms with Crippen LogP contribution in [0.4, 0.5) is 0 Å². The lowest BCUT2D eigenvalue weighted by Crippen LogP contribution is -2.38. The van der Waals surface area contributed by atoms with Gasteiger partial charge in [0.15, 0.2) is 0 Å². The summed E-state index contributed by atoms with van der Waals surface area (Å²) in [5.41, 5.74) is 9.39. The van der Waals surface area contributed by atoms with E-state index in [1.807, 2.05) is 132 Å². The molecule has 0 bridgehead atoms. The standard InChI is InChI=1S/C59H90N4O8S4/c1-15-17-19-25-60(72(64,65)56-46(7)31-42(3)32-47(56)8)27-21-23-29-62(74(68,69)58-50(11)35-44(5)36-51(58)12)40-54-39-55(54)41-63(75(70,71)59-52(13)37-45(6)38-53(59)14)30-24-22-28-61(26-20-18-16-2)73(66,67)57-48(9)33-43(4)34-49(57)10/h31-38,54-55H,15-30,39-41H2,1-14H3. The van der Waals surface area contributed by atoms with Crippen molar-refractivity contribution < 1.29 is 33.7 Å². The van der Waals surface area contributed by atoms with Crippen LogP contribution >= 0.6 is 0 Å². The molecule has 1 saturated carbocycles. The second-order valence-corrected chi connectivity index (χ2v) is 29.5. The number of hydrogen-bond acceptors (Lipinski definition) is 8. The minimum atomic E-state index is -4.04. The van der Waals surface area contributed by atoms with E-state index >= 15 is 0 Å². The molecule has 1 aliphatic carbocycles. The minimum Gasteiger partial charge on any atom is -0.207 e. The predicted octanol–water partition coefficient (Wildman–Crippen LogP) is 12.0. The summed E-state index contributed by atoms with van der Waals surface area (Å²) in [5.74, 6) is -0.246. The maximum atomic E-state index is 15.0. The number of sulfonamides is 4. The van der Waals surface area contributed by atoms with E-state index in [-0.39, 0.29) is 60.9 Å². The van der Waals surface area contributed by atoms with Crippen LogP contribution in [0, 0.1) is 94.9 Å². The van der Waals surface area contributed by atoms with Gasteiger partial charge in [-0.1, -0.05) is 110 Å². The molecule has 12 nitrogen and oxygen atoms in total. The third-order valence-electron chi connectivity index (χ3n) is 14.9. The highest BCUT2D eigenvalue weighted by molar-refractivity contribution is 7.90. The molecule has 0 radical (unpaired) electrons. The van der Waals surface area contributed by atoms with Gasteiger partial charge in [0.2, 0.25) is 40.1 Å². The van der Waals surface area contributed by atoms with Gasteiger partial charge in [0.05, 0.1) is 19.6 Å². The lowest BCUT2D eigenvalue weighted by molar-refractivity contribution is 0.335. The van der Waals surface area contributed by atoms with Crippen LogP contribution in [0.25, 0.3) is 0 Å². The molecule has 16 heteroatoms. The summed E-state index contributed by atoms with van der Waals surface area (Å²) in [6.07, 6.45) is 7.48. The fourth-order valence-corrected chi connectivity index (χ4v) is 19.4. The molecule has 75 heavy (non-hydrogen) atoms. The lowest BCUT2D eigenvalue weighted by atomic mass is 10.1. The van der Waals surface area contributed by atoms with Gasteiger partial charge in [-0.05, 0) is 184 Å². The third-order valence-corrected chi connectivity index (χ3v) is 23.7. The molecule has 4 aromatic rings. The van der Waals surface area contributed by atoms with Gasteiger partial charge in [-0.15, -0.1) is 0 Å². The minimum absolute atomic E-state index is 0.123. The zero-order valence-electron chi connectivity index (χ0n) is 47.9. The summed E-state index contributed by atoms with van der Waals surface area (Å²) in [4.78, 5) is 1.21. The number of unbranched alkanes of at least 4 members (excludes halogenated alkanes) is 6. The Hall–Kier alpha value is -3.48. The molecule has 5 rings (SSSR count). The Morgan fingerprint density at radius 3 is 0.720 bits per heavy atom. The van der Waals surface area contributed by atoms with Crippen molar-refractivity contribution in [2.24, 2.45) is 11.8 Å². The van der Waals surface area contributed by atoms with Crippen LogP contribution < -0.4 is 0 Å². The van der Waals surface area contributed by atoms with Gasteiger partial charge in [0, 0.05) is 52.4 Å². The number of benzene rings is 4. The molecule has 0 aromatic heterocycles. The molecule has 2 atom stereocenters. The number of rotatable bonds is 30. The molecular weight excluding hydrogens is 1020 g/mol. The fraction of sp³-hybridized carbons (Fsp3) is 0.593. The summed E-state index contributed by atoms with van der Waals surface area (Å²) in [7, 11) is -15.7. The Morgan fingerprint density at radius 2 is 0.507 bits per heavy atom. The molecule has 0 aliphatic heterocycles. The van der Waals surface area contributed by atoms with Gasteiger partial charge >= 0.3 is 0 Å². The van der Waals surface area contributed by atoms with Crippen molar-refractivity contribution in [2.45, 2.75) is 187 Å². The van der Waals surface area contributed by atoms with Crippen LogP contribution in [-0.4, -0.2) is 103 Å². The Labute approximate surface area is 454 Å². The molecule has 1 fully saturated rings. The predicted molar refractivity (Wildman–Crippen MR) is 307 cm³/mol. The van der Waals surface area contributed by atoms with Crippen LogP contribution in [0.15, 0.2) is 68.1 Å². The molecule has 0 amide bonds. The largest absolute Gasteiger partial charge is 0.243 e. The molecular formula is C59H90N4O8S4. The SMILES string of the molecule is CCCCCN(CCCCN(CC1CC1CN(CCCCN(CCCCC)S(=O)(=O)c1c(C)cc(C)cc1C)S(=O)(=O)c1c(C)cc(C)cc1C)S(=O)(=O)c1c(C)cc(C)cc1C)S(=O)(=O)c1c(C)cc(C)cc1C. The molecule has 0 heterocycles. The van der Waals surface area contributed by atoms with Crippen LogP contribution in [0.5, 0.6) is 0 Å². The van der Waals surface area contributed by atoms with Gasteiger partial charge in [-0.3, -0.25) is 0 Å². The number of nitrogens with zero attached hydrogens (tertiary/aromatic N) is 4. The average Bonchev–Trinajstić information content (AvgIpc) is 4.02. The second-order valence-electron chi connectivity index (χ2n) is 22.0. The Balaban J connectivity index is 1.41. The van der Waals surface area contributed by atoms with Crippen molar-refractivity contribution in [3.63, 3.8) is 0 Å². The second kappa shape index (κ2) is 26.4. The third kappa shape index (κ3) is 15.4. The van der Waals surface area contributed by atoms with Crippen molar-refractivity contribution in [1.82, 2.24) is 17.2 Å². The zero-order chi connectivity index (χ0) is 55.8. The first-order valence-corrected chi connectivity index (χ1v) is 33.2. The summed E-state index contributed by atoms with van der Waals surface area (Å²) >= 11 is 0. The van der Waals surface area contributed by atoms with E-state index in [0.29, 0.717) is 99.5 Å². The molecule has 0 saturated heterocycles. The molecule has 4 aromatic carbocycles. The van der Waals surface area contributed by atoms with Gasteiger partial charge in [0.25, 0.3) is 0 Å². The molecule has 0 spiro atoms. The quantitative estimate of drug-likeness (QED) is 0.0469. The van der Waals surface area contributed by atoms with E-state index in [1.54, 1.807) is 17.2 Å². The molecule has 1 aliphatic rings. The van der Waals surface area contributed by atoms with Gasteiger partial charge in [-0.25, -0.2) is 33.7 Å². The average molecular weight is 1110 g/mol. The Kier molecular flexibility index (Phi) is 22.0. The zero-order valence-corrected chi connectivity index (χ0v) is 51.2. The van der Waals surface area contributed by atoms with E-state index in [1.165, 1.54) is 0 Å². The van der Waals surface area contributed by atoms with Crippen LogP contribution in [0.1, 0.15) is 151 Å².